The van der Waals surface area contributed by atoms with E-state index >= 15 is 0 Å². The van der Waals surface area contributed by atoms with Gasteiger partial charge in [0, 0.05) is 25.0 Å². The number of hydrogen-bond donors (Lipinski definition) is 3. The first-order valence-corrected chi connectivity index (χ1v) is 15.3. The predicted octanol–water partition coefficient (Wildman–Crippen LogP) is 5.63. The number of hydrogen-bond acceptors (Lipinski definition) is 5. The number of carboxylic acid groups (broad SMARTS) is 2. The maximum atomic E-state index is 12.9. The molecule has 0 aromatic rings. The van der Waals surface area contributed by atoms with Gasteiger partial charge >= 0.3 is 11.9 Å². The van der Waals surface area contributed by atoms with Crippen molar-refractivity contribution in [3.8, 4) is 0 Å². The highest BCUT2D eigenvalue weighted by Crippen LogP contribution is 2.79. The first-order valence-electron chi connectivity index (χ1n) is 15.3. The van der Waals surface area contributed by atoms with Crippen molar-refractivity contribution in [3.05, 3.63) is 0 Å². The summed E-state index contributed by atoms with van der Waals surface area (Å²) in [7, 11) is 3.37. The Bertz CT molecular complexity index is 1030. The van der Waals surface area contributed by atoms with Crippen LogP contribution in [0.15, 0.2) is 0 Å². The molecule has 7 heteroatoms. The minimum atomic E-state index is -1.35. The van der Waals surface area contributed by atoms with E-state index < -0.39 is 46.0 Å². The third kappa shape index (κ3) is 3.16. The fourth-order valence-electron chi connectivity index (χ4n) is 12.5. The molecule has 0 amide bonds. The summed E-state index contributed by atoms with van der Waals surface area (Å²) in [5, 5.41) is 32.5. The molecule has 5 rings (SSSR count). The fraction of sp³-hybridized carbons (Fsp3) is 0.938. The third-order valence-corrected chi connectivity index (χ3v) is 14.7. The van der Waals surface area contributed by atoms with Gasteiger partial charge in [-0.15, -0.1) is 0 Å². The van der Waals surface area contributed by atoms with Gasteiger partial charge in [0.1, 0.15) is 0 Å². The molecule has 5 aliphatic carbocycles. The van der Waals surface area contributed by atoms with Gasteiger partial charge in [-0.1, -0.05) is 34.6 Å². The van der Waals surface area contributed by atoms with Crippen molar-refractivity contribution in [2.24, 2.45) is 56.7 Å². The Morgan fingerprint density at radius 1 is 0.846 bits per heavy atom. The van der Waals surface area contributed by atoms with Gasteiger partial charge in [0.05, 0.1) is 28.6 Å². The predicted molar refractivity (Wildman–Crippen MR) is 147 cm³/mol. The van der Waals surface area contributed by atoms with Crippen molar-refractivity contribution >= 4 is 11.9 Å². The first-order chi connectivity index (χ1) is 18.1. The maximum Gasteiger partial charge on any atom is 0.312 e. The van der Waals surface area contributed by atoms with E-state index in [0.29, 0.717) is 31.1 Å². The SMILES string of the molecule is COC1C[C@@]2(C)[C@@H](CC[C@]3(C)C2(OC)CC[C@@H]2[C@H]4[C@H](C(C)C)CC[C@]4(C(=O)O)CC[C@]23C)C(C)(C(=O)O)[C@@H]1O. The molecule has 3 N–H and O–H groups in total. The standard InChI is InChI=1S/C32H52O7/c1-18(2)19-9-13-31(26(36)37)16-15-27(3)20(23(19)31)10-14-32(39-8)28(4)17-21(38-7)24(33)30(6,25(34)35)22(28)11-12-29(27,32)5/h18-24,33H,9-17H2,1-8H3,(H,34,35)(H,36,37)/t19-,20+,21?,22+,23+,24+,27+,28-,29-,30?,31-,32?/m0/s1. The lowest BCUT2D eigenvalue weighted by molar-refractivity contribution is -0.342. The van der Waals surface area contributed by atoms with Crippen molar-refractivity contribution in [2.45, 2.75) is 117 Å². The molecule has 39 heavy (non-hydrogen) atoms. The van der Waals surface area contributed by atoms with E-state index in [1.54, 1.807) is 21.1 Å². The average Bonchev–Trinajstić information content (AvgIpc) is 3.28. The van der Waals surface area contributed by atoms with Crippen LogP contribution in [0.3, 0.4) is 0 Å². The molecule has 0 aromatic heterocycles. The number of aliphatic carboxylic acids is 2. The van der Waals surface area contributed by atoms with Crippen molar-refractivity contribution in [1.29, 1.82) is 0 Å². The number of aliphatic hydroxyl groups is 1. The van der Waals surface area contributed by atoms with Gasteiger partial charge in [-0.2, -0.15) is 0 Å². The number of fused-ring (bicyclic) bond motifs is 7. The Morgan fingerprint density at radius 3 is 2.05 bits per heavy atom. The topological polar surface area (TPSA) is 113 Å². The number of carboxylic acids is 2. The number of carbonyl (C=O) groups is 2. The molecule has 0 heterocycles. The molecular weight excluding hydrogens is 496 g/mol. The molecule has 0 bridgehead atoms. The van der Waals surface area contributed by atoms with Crippen LogP contribution in [0.25, 0.3) is 0 Å². The van der Waals surface area contributed by atoms with Crippen molar-refractivity contribution in [3.63, 3.8) is 0 Å². The zero-order chi connectivity index (χ0) is 29.0. The second-order valence-corrected chi connectivity index (χ2v) is 15.4. The number of methoxy groups -OCH3 is 2. The van der Waals surface area contributed by atoms with Crippen LogP contribution < -0.4 is 0 Å². The summed E-state index contributed by atoms with van der Waals surface area (Å²) < 4.78 is 12.6. The quantitative estimate of drug-likeness (QED) is 0.408. The fourth-order valence-corrected chi connectivity index (χ4v) is 12.5. The molecule has 3 unspecified atom stereocenters. The Hall–Kier alpha value is -1.18. The molecule has 0 saturated heterocycles. The highest BCUT2D eigenvalue weighted by Gasteiger charge is 2.79. The molecule has 5 saturated carbocycles. The second-order valence-electron chi connectivity index (χ2n) is 15.4. The third-order valence-electron chi connectivity index (χ3n) is 14.7. The van der Waals surface area contributed by atoms with Gasteiger partial charge in [0.2, 0.25) is 0 Å². The smallest absolute Gasteiger partial charge is 0.312 e. The number of ether oxygens (including phenoxy) is 2. The van der Waals surface area contributed by atoms with Crippen LogP contribution in [0.2, 0.25) is 0 Å². The maximum absolute atomic E-state index is 12.9. The number of rotatable bonds is 5. The van der Waals surface area contributed by atoms with E-state index in [1.807, 2.05) is 0 Å². The highest BCUT2D eigenvalue weighted by atomic mass is 16.5. The molecule has 0 spiro atoms. The summed E-state index contributed by atoms with van der Waals surface area (Å²) in [5.74, 6) is -0.588. The van der Waals surface area contributed by atoms with Crippen molar-refractivity contribution in [1.82, 2.24) is 0 Å². The molecule has 5 fully saturated rings. The molecule has 12 atom stereocenters. The lowest BCUT2D eigenvalue weighted by atomic mass is 9.30. The minimum absolute atomic E-state index is 0.144. The molecule has 7 nitrogen and oxygen atoms in total. The number of aliphatic hydroxyl groups excluding tert-OH is 1. The Balaban J connectivity index is 1.66. The van der Waals surface area contributed by atoms with Gasteiger partial charge in [0.25, 0.3) is 0 Å². The van der Waals surface area contributed by atoms with Crippen LogP contribution in [0.1, 0.15) is 99.3 Å². The van der Waals surface area contributed by atoms with E-state index in [-0.39, 0.29) is 28.6 Å². The van der Waals surface area contributed by atoms with E-state index in [1.165, 1.54) is 0 Å². The molecular formula is C32H52O7. The summed E-state index contributed by atoms with van der Waals surface area (Å²) in [6.07, 6.45) is 5.31. The van der Waals surface area contributed by atoms with Crippen LogP contribution >= 0.6 is 0 Å². The Kier molecular flexibility index (Phi) is 6.70. The Labute approximate surface area is 234 Å². The summed E-state index contributed by atoms with van der Waals surface area (Å²) in [5.41, 5.74) is -3.56. The summed E-state index contributed by atoms with van der Waals surface area (Å²) in [4.78, 5) is 25.8. The van der Waals surface area contributed by atoms with Crippen LogP contribution in [0.4, 0.5) is 0 Å². The van der Waals surface area contributed by atoms with Crippen molar-refractivity contribution in [2.75, 3.05) is 14.2 Å². The monoisotopic (exact) mass is 548 g/mol. The van der Waals surface area contributed by atoms with Crippen molar-refractivity contribution < 1.29 is 34.4 Å². The van der Waals surface area contributed by atoms with Crippen LogP contribution in [-0.4, -0.2) is 59.3 Å². The Morgan fingerprint density at radius 2 is 1.51 bits per heavy atom. The minimum Gasteiger partial charge on any atom is -0.481 e. The van der Waals surface area contributed by atoms with E-state index in [0.717, 1.165) is 38.5 Å². The normalized spacial score (nSPS) is 54.8. The molecule has 0 radical (unpaired) electrons. The van der Waals surface area contributed by atoms with Gasteiger partial charge in [-0.05, 0) is 99.7 Å². The lowest BCUT2D eigenvalue weighted by Gasteiger charge is -2.76. The summed E-state index contributed by atoms with van der Waals surface area (Å²) >= 11 is 0. The van der Waals surface area contributed by atoms with Crippen LogP contribution in [0, 0.1) is 56.7 Å². The average molecular weight is 549 g/mol. The largest absolute Gasteiger partial charge is 0.481 e. The molecule has 5 aliphatic rings. The van der Waals surface area contributed by atoms with Gasteiger partial charge in [-0.3, -0.25) is 9.59 Å². The summed E-state index contributed by atoms with van der Waals surface area (Å²) in [6.45, 7) is 13.2. The zero-order valence-corrected chi connectivity index (χ0v) is 25.4. The highest BCUT2D eigenvalue weighted by molar-refractivity contribution is 5.77. The van der Waals surface area contributed by atoms with Gasteiger partial charge in [-0.25, -0.2) is 0 Å². The van der Waals surface area contributed by atoms with E-state index in [2.05, 4.69) is 34.6 Å². The summed E-state index contributed by atoms with van der Waals surface area (Å²) in [6, 6.07) is 0. The second kappa shape index (κ2) is 8.91. The lowest BCUT2D eigenvalue weighted by Crippen LogP contribution is -2.78. The van der Waals surface area contributed by atoms with Crippen LogP contribution in [-0.2, 0) is 19.1 Å². The van der Waals surface area contributed by atoms with Gasteiger partial charge in [0.15, 0.2) is 0 Å². The first kappa shape index (κ1) is 29.3. The van der Waals surface area contributed by atoms with E-state index in [9.17, 15) is 24.9 Å². The van der Waals surface area contributed by atoms with Gasteiger partial charge < -0.3 is 24.8 Å². The molecule has 222 valence electrons. The zero-order valence-electron chi connectivity index (χ0n) is 25.4. The van der Waals surface area contributed by atoms with Crippen LogP contribution in [0.5, 0.6) is 0 Å². The molecule has 0 aromatic carbocycles. The van der Waals surface area contributed by atoms with E-state index in [4.69, 9.17) is 9.47 Å². The molecule has 0 aliphatic heterocycles.